The maximum Gasteiger partial charge on any atom is 0.256 e. The van der Waals surface area contributed by atoms with Gasteiger partial charge in [-0.2, -0.15) is 0 Å². The van der Waals surface area contributed by atoms with Gasteiger partial charge in [-0.15, -0.1) is 0 Å². The Hall–Kier alpha value is -3.60. The first-order chi connectivity index (χ1) is 16.6. The molecule has 3 aromatic carbocycles. The van der Waals surface area contributed by atoms with Gasteiger partial charge in [-0.3, -0.25) is 9.59 Å². The summed E-state index contributed by atoms with van der Waals surface area (Å²) in [7, 11) is 0. The molecule has 176 valence electrons. The number of nitrogens with one attached hydrogen (secondary N) is 1. The average Bonchev–Trinajstić information content (AvgIpc) is 3.41. The topological polar surface area (TPSA) is 52.7 Å². The molecule has 5 nitrogen and oxygen atoms in total. The fraction of sp³-hybridized carbons (Fsp3) is 0.310. The van der Waals surface area contributed by atoms with Gasteiger partial charge in [-0.1, -0.05) is 60.7 Å². The third-order valence-electron chi connectivity index (χ3n) is 6.52. The molecular formula is C29H33N3O2. The Morgan fingerprint density at radius 3 is 1.94 bits per heavy atom. The fourth-order valence-electron chi connectivity index (χ4n) is 4.70. The van der Waals surface area contributed by atoms with E-state index in [1.165, 1.54) is 0 Å². The van der Waals surface area contributed by atoms with Crippen molar-refractivity contribution in [1.82, 2.24) is 4.90 Å². The molecule has 0 bridgehead atoms. The molecule has 0 radical (unpaired) electrons. The smallest absolute Gasteiger partial charge is 0.256 e. The lowest BCUT2D eigenvalue weighted by molar-refractivity contribution is -0.116. The van der Waals surface area contributed by atoms with Crippen LogP contribution >= 0.6 is 0 Å². The van der Waals surface area contributed by atoms with Gasteiger partial charge in [0, 0.05) is 37.6 Å². The number of amides is 2. The molecule has 3 aromatic rings. The monoisotopic (exact) mass is 455 g/mol. The van der Waals surface area contributed by atoms with Gasteiger partial charge in [0.1, 0.15) is 0 Å². The third kappa shape index (κ3) is 5.14. The van der Waals surface area contributed by atoms with Crippen LogP contribution in [-0.4, -0.2) is 42.9 Å². The zero-order chi connectivity index (χ0) is 23.9. The second-order valence-electron chi connectivity index (χ2n) is 8.65. The quantitative estimate of drug-likeness (QED) is 0.485. The highest BCUT2D eigenvalue weighted by atomic mass is 16.2. The van der Waals surface area contributed by atoms with Crippen LogP contribution in [0.25, 0.3) is 0 Å². The van der Waals surface area contributed by atoms with Gasteiger partial charge in [0.15, 0.2) is 0 Å². The van der Waals surface area contributed by atoms with Crippen LogP contribution < -0.4 is 10.2 Å². The van der Waals surface area contributed by atoms with E-state index in [1.54, 1.807) is 0 Å². The second-order valence-corrected chi connectivity index (χ2v) is 8.65. The standard InChI is InChI=1S/C29H33N3O2/c1-3-31(4-2)29(34)25-21-24(17-18-26(25)32-19-11-12-20-32)30-28(33)27(22-13-7-5-8-14-22)23-15-9-6-10-16-23/h5-10,13-18,21,27H,3-4,11-12,19-20H2,1-2H3,(H,30,33). The SMILES string of the molecule is CCN(CC)C(=O)c1cc(NC(=O)C(c2ccccc2)c2ccccc2)ccc1N1CCCC1. The van der Waals surface area contributed by atoms with E-state index in [4.69, 9.17) is 0 Å². The summed E-state index contributed by atoms with van der Waals surface area (Å²) >= 11 is 0. The zero-order valence-corrected chi connectivity index (χ0v) is 20.0. The lowest BCUT2D eigenvalue weighted by Gasteiger charge is -2.26. The van der Waals surface area contributed by atoms with Crippen molar-refractivity contribution in [3.63, 3.8) is 0 Å². The second kappa shape index (κ2) is 11.0. The van der Waals surface area contributed by atoms with Crippen LogP contribution in [0.5, 0.6) is 0 Å². The summed E-state index contributed by atoms with van der Waals surface area (Å²) in [6, 6.07) is 25.3. The number of carbonyl (C=O) groups is 2. The first kappa shape index (κ1) is 23.6. The van der Waals surface area contributed by atoms with E-state index in [0.29, 0.717) is 24.3 Å². The first-order valence-corrected chi connectivity index (χ1v) is 12.2. The minimum atomic E-state index is -0.442. The van der Waals surface area contributed by atoms with E-state index in [0.717, 1.165) is 42.7 Å². The fourth-order valence-corrected chi connectivity index (χ4v) is 4.70. The Balaban J connectivity index is 1.67. The van der Waals surface area contributed by atoms with Crippen LogP contribution in [0.4, 0.5) is 11.4 Å². The summed E-state index contributed by atoms with van der Waals surface area (Å²) in [6.45, 7) is 7.19. The molecule has 0 saturated carbocycles. The van der Waals surface area contributed by atoms with E-state index in [9.17, 15) is 9.59 Å². The summed E-state index contributed by atoms with van der Waals surface area (Å²) in [5.74, 6) is -0.555. The van der Waals surface area contributed by atoms with E-state index in [2.05, 4.69) is 10.2 Å². The zero-order valence-electron chi connectivity index (χ0n) is 20.0. The third-order valence-corrected chi connectivity index (χ3v) is 6.52. The summed E-state index contributed by atoms with van der Waals surface area (Å²) in [5.41, 5.74) is 4.11. The number of carbonyl (C=O) groups excluding carboxylic acids is 2. The molecule has 2 amide bonds. The van der Waals surface area contributed by atoms with E-state index in [1.807, 2.05) is 97.6 Å². The van der Waals surface area contributed by atoms with Crippen LogP contribution in [0.3, 0.4) is 0 Å². The molecule has 1 aliphatic rings. The normalized spacial score (nSPS) is 13.2. The van der Waals surface area contributed by atoms with E-state index >= 15 is 0 Å². The molecule has 34 heavy (non-hydrogen) atoms. The number of hydrogen-bond acceptors (Lipinski definition) is 3. The largest absolute Gasteiger partial charge is 0.371 e. The number of rotatable bonds is 8. The lowest BCUT2D eigenvalue weighted by atomic mass is 9.90. The Morgan fingerprint density at radius 2 is 1.41 bits per heavy atom. The van der Waals surface area contributed by atoms with Crippen molar-refractivity contribution in [2.75, 3.05) is 36.4 Å². The predicted molar refractivity (Wildman–Crippen MR) is 138 cm³/mol. The molecule has 4 rings (SSSR count). The summed E-state index contributed by atoms with van der Waals surface area (Å²) < 4.78 is 0. The van der Waals surface area contributed by atoms with Crippen LogP contribution in [0.2, 0.25) is 0 Å². The predicted octanol–water partition coefficient (Wildman–Crippen LogP) is 5.54. The summed E-state index contributed by atoms with van der Waals surface area (Å²) in [5, 5.41) is 3.10. The number of anilines is 2. The Bertz CT molecular complexity index is 1070. The highest BCUT2D eigenvalue weighted by Crippen LogP contribution is 2.31. The molecule has 1 fully saturated rings. The molecule has 0 aliphatic carbocycles. The molecule has 1 heterocycles. The van der Waals surface area contributed by atoms with Crippen LogP contribution in [0, 0.1) is 0 Å². The van der Waals surface area contributed by atoms with Gasteiger partial charge in [0.25, 0.3) is 5.91 Å². The molecule has 0 aromatic heterocycles. The molecule has 5 heteroatoms. The van der Waals surface area contributed by atoms with Crippen molar-refractivity contribution in [2.45, 2.75) is 32.6 Å². The summed E-state index contributed by atoms with van der Waals surface area (Å²) in [4.78, 5) is 31.1. The lowest BCUT2D eigenvalue weighted by Crippen LogP contribution is -2.32. The average molecular weight is 456 g/mol. The van der Waals surface area contributed by atoms with Crippen molar-refractivity contribution in [1.29, 1.82) is 0 Å². The number of benzene rings is 3. The van der Waals surface area contributed by atoms with Crippen molar-refractivity contribution in [3.8, 4) is 0 Å². The van der Waals surface area contributed by atoms with Crippen molar-refractivity contribution < 1.29 is 9.59 Å². The van der Waals surface area contributed by atoms with Crippen molar-refractivity contribution in [3.05, 3.63) is 95.6 Å². The van der Waals surface area contributed by atoms with Gasteiger partial charge in [0.2, 0.25) is 5.91 Å². The number of nitrogens with zero attached hydrogens (tertiary/aromatic N) is 2. The molecule has 1 saturated heterocycles. The summed E-state index contributed by atoms with van der Waals surface area (Å²) in [6.07, 6.45) is 2.26. The molecule has 1 N–H and O–H groups in total. The first-order valence-electron chi connectivity index (χ1n) is 12.2. The van der Waals surface area contributed by atoms with Crippen LogP contribution in [0.15, 0.2) is 78.9 Å². The minimum Gasteiger partial charge on any atom is -0.371 e. The molecule has 0 spiro atoms. The Kier molecular flexibility index (Phi) is 7.63. The van der Waals surface area contributed by atoms with Gasteiger partial charge >= 0.3 is 0 Å². The van der Waals surface area contributed by atoms with Gasteiger partial charge in [0.05, 0.1) is 11.5 Å². The molecule has 1 aliphatic heterocycles. The minimum absolute atomic E-state index is 0.00525. The highest BCUT2D eigenvalue weighted by Gasteiger charge is 2.25. The maximum absolute atomic E-state index is 13.6. The number of hydrogen-bond donors (Lipinski definition) is 1. The van der Waals surface area contributed by atoms with Crippen LogP contribution in [-0.2, 0) is 4.79 Å². The van der Waals surface area contributed by atoms with Gasteiger partial charge < -0.3 is 15.1 Å². The van der Waals surface area contributed by atoms with Crippen molar-refractivity contribution >= 4 is 23.2 Å². The van der Waals surface area contributed by atoms with Crippen LogP contribution in [0.1, 0.15) is 54.1 Å². The van der Waals surface area contributed by atoms with Gasteiger partial charge in [-0.05, 0) is 56.0 Å². The molecular weight excluding hydrogens is 422 g/mol. The Morgan fingerprint density at radius 1 is 0.853 bits per heavy atom. The Labute approximate surface area is 202 Å². The molecule has 0 unspecified atom stereocenters. The maximum atomic E-state index is 13.6. The van der Waals surface area contributed by atoms with Gasteiger partial charge in [-0.25, -0.2) is 0 Å². The molecule has 0 atom stereocenters. The van der Waals surface area contributed by atoms with E-state index in [-0.39, 0.29) is 11.8 Å². The highest BCUT2D eigenvalue weighted by molar-refractivity contribution is 6.03. The van der Waals surface area contributed by atoms with Crippen molar-refractivity contribution in [2.24, 2.45) is 0 Å². The van der Waals surface area contributed by atoms with E-state index < -0.39 is 5.92 Å².